The smallest absolute Gasteiger partial charge is 0.287 e. The Bertz CT molecular complexity index is 949. The molecule has 0 saturated heterocycles. The Morgan fingerprint density at radius 1 is 1.28 bits per heavy atom. The van der Waals surface area contributed by atoms with Crippen molar-refractivity contribution < 1.29 is 5.11 Å². The predicted molar refractivity (Wildman–Crippen MR) is 129 cm³/mol. The molecule has 1 aliphatic carbocycles. The number of nitrogens with zero attached hydrogens (tertiary/aromatic N) is 3. The van der Waals surface area contributed by atoms with Crippen LogP contribution in [0, 0.1) is 23.2 Å². The Labute approximate surface area is 195 Å². The van der Waals surface area contributed by atoms with Gasteiger partial charge in [-0.1, -0.05) is 46.2 Å². The van der Waals surface area contributed by atoms with E-state index < -0.39 is 11.7 Å². The highest BCUT2D eigenvalue weighted by atomic mass is 35.5. The fourth-order valence-electron chi connectivity index (χ4n) is 4.61. The van der Waals surface area contributed by atoms with Crippen LogP contribution in [0.3, 0.4) is 0 Å². The van der Waals surface area contributed by atoms with Gasteiger partial charge in [-0.3, -0.25) is 9.78 Å². The maximum atomic E-state index is 12.8. The highest BCUT2D eigenvalue weighted by Gasteiger charge is 2.43. The molecule has 1 aliphatic rings. The van der Waals surface area contributed by atoms with Crippen molar-refractivity contribution in [1.82, 2.24) is 20.1 Å². The molecule has 2 aromatic rings. The molecular weight excluding hydrogens is 426 g/mol. The summed E-state index contributed by atoms with van der Waals surface area (Å²) < 4.78 is 1.23. The minimum Gasteiger partial charge on any atom is -0.390 e. The van der Waals surface area contributed by atoms with Gasteiger partial charge in [0, 0.05) is 31.5 Å². The van der Waals surface area contributed by atoms with Crippen molar-refractivity contribution in [1.29, 1.82) is 0 Å². The van der Waals surface area contributed by atoms with Crippen LogP contribution < -0.4 is 16.2 Å². The number of aromatic nitrogens is 3. The number of anilines is 1. The lowest BCUT2D eigenvalue weighted by Gasteiger charge is -2.50. The Kier molecular flexibility index (Phi) is 7.96. The second-order valence-corrected chi connectivity index (χ2v) is 10.2. The third-order valence-electron chi connectivity index (χ3n) is 7.64. The Balaban J connectivity index is 1.60. The van der Waals surface area contributed by atoms with Gasteiger partial charge in [0.1, 0.15) is 5.02 Å². The standard InChI is InChI=1S/C24H36ClN5O2/c1-15-10-20(16(2)17(3)24(15,4)5)29-21-13-28-30(23(32)22(21)25)14-19(31)12-27-11-18-6-8-26-9-7-18/h6-9,13,15-17,19-20,27,29,31H,10-12,14H2,1-5H3/t15-,16+,17+,19-,20+/m0/s1. The number of hydrogen-bond donors (Lipinski definition) is 3. The number of aliphatic hydroxyl groups is 1. The van der Waals surface area contributed by atoms with E-state index in [2.05, 4.69) is 55.3 Å². The van der Waals surface area contributed by atoms with E-state index in [9.17, 15) is 9.90 Å². The van der Waals surface area contributed by atoms with Crippen molar-refractivity contribution in [2.45, 2.75) is 66.3 Å². The SMILES string of the molecule is C[C@@H]1[C@@H](C)C(C)(C)[C@@H](C)C[C@H]1Nc1cnn(C[C@@H](O)CNCc2ccncc2)c(=O)c1Cl. The van der Waals surface area contributed by atoms with E-state index in [4.69, 9.17) is 11.6 Å². The summed E-state index contributed by atoms with van der Waals surface area (Å²) in [6, 6.07) is 4.05. The van der Waals surface area contributed by atoms with Crippen LogP contribution in [0.4, 0.5) is 5.69 Å². The van der Waals surface area contributed by atoms with Gasteiger partial charge in [0.25, 0.3) is 5.56 Å². The minimum absolute atomic E-state index is 0.0737. The maximum absolute atomic E-state index is 12.8. The minimum atomic E-state index is -0.765. The number of pyridine rings is 1. The van der Waals surface area contributed by atoms with E-state index in [1.54, 1.807) is 18.6 Å². The van der Waals surface area contributed by atoms with Crippen LogP contribution in [0.1, 0.15) is 46.6 Å². The predicted octanol–water partition coefficient (Wildman–Crippen LogP) is 3.56. The fourth-order valence-corrected chi connectivity index (χ4v) is 4.81. The molecule has 0 amide bonds. The van der Waals surface area contributed by atoms with Crippen molar-refractivity contribution in [3.05, 3.63) is 51.7 Å². The molecule has 1 fully saturated rings. The van der Waals surface area contributed by atoms with Crippen LogP contribution in [-0.2, 0) is 13.1 Å². The summed E-state index contributed by atoms with van der Waals surface area (Å²) in [6.07, 6.45) is 5.30. The average molecular weight is 462 g/mol. The Morgan fingerprint density at radius 3 is 2.66 bits per heavy atom. The van der Waals surface area contributed by atoms with Crippen LogP contribution in [0.2, 0.25) is 5.02 Å². The second-order valence-electron chi connectivity index (χ2n) is 9.86. The van der Waals surface area contributed by atoms with Crippen molar-refractivity contribution in [2.75, 3.05) is 11.9 Å². The number of halogens is 1. The molecule has 0 spiro atoms. The lowest BCUT2D eigenvalue weighted by atomic mass is 9.58. The van der Waals surface area contributed by atoms with Crippen molar-refractivity contribution >= 4 is 17.3 Å². The fraction of sp³-hybridized carbons (Fsp3) is 0.625. The summed E-state index contributed by atoms with van der Waals surface area (Å²) in [5.74, 6) is 1.52. The molecule has 0 aromatic carbocycles. The van der Waals surface area contributed by atoms with Gasteiger partial charge in [-0.2, -0.15) is 5.10 Å². The zero-order chi connectivity index (χ0) is 23.5. The molecule has 0 bridgehead atoms. The van der Waals surface area contributed by atoms with Gasteiger partial charge in [0.15, 0.2) is 0 Å². The molecule has 2 aromatic heterocycles. The van der Waals surface area contributed by atoms with Gasteiger partial charge < -0.3 is 15.7 Å². The number of aliphatic hydroxyl groups excluding tert-OH is 1. The van der Waals surface area contributed by atoms with Crippen LogP contribution in [-0.4, -0.2) is 38.6 Å². The van der Waals surface area contributed by atoms with Gasteiger partial charge >= 0.3 is 0 Å². The second kappa shape index (κ2) is 10.3. The summed E-state index contributed by atoms with van der Waals surface area (Å²) in [7, 11) is 0. The monoisotopic (exact) mass is 461 g/mol. The van der Waals surface area contributed by atoms with Crippen molar-refractivity contribution in [2.24, 2.45) is 23.2 Å². The van der Waals surface area contributed by atoms with Crippen LogP contribution in [0.25, 0.3) is 0 Å². The third kappa shape index (κ3) is 5.50. The first-order chi connectivity index (χ1) is 15.1. The zero-order valence-electron chi connectivity index (χ0n) is 19.7. The zero-order valence-corrected chi connectivity index (χ0v) is 20.4. The lowest BCUT2D eigenvalue weighted by molar-refractivity contribution is 0.0316. The molecular formula is C24H36ClN5O2. The topological polar surface area (TPSA) is 92.1 Å². The van der Waals surface area contributed by atoms with E-state index in [0.29, 0.717) is 36.5 Å². The Hall–Kier alpha value is -1.96. The lowest BCUT2D eigenvalue weighted by Crippen LogP contribution is -2.48. The van der Waals surface area contributed by atoms with Crippen LogP contribution in [0.15, 0.2) is 35.5 Å². The molecule has 0 unspecified atom stereocenters. The summed E-state index contributed by atoms with van der Waals surface area (Å²) in [5, 5.41) is 21.4. The third-order valence-corrected chi connectivity index (χ3v) is 8.01. The molecule has 176 valence electrons. The largest absolute Gasteiger partial charge is 0.390 e. The molecule has 1 saturated carbocycles. The summed E-state index contributed by atoms with van der Waals surface area (Å²) in [6.45, 7) is 12.5. The van der Waals surface area contributed by atoms with E-state index in [1.165, 1.54) is 4.68 Å². The number of nitrogens with one attached hydrogen (secondary N) is 2. The quantitative estimate of drug-likeness (QED) is 0.556. The summed E-state index contributed by atoms with van der Waals surface area (Å²) >= 11 is 6.42. The van der Waals surface area contributed by atoms with Crippen LogP contribution in [0.5, 0.6) is 0 Å². The highest BCUT2D eigenvalue weighted by molar-refractivity contribution is 6.32. The highest BCUT2D eigenvalue weighted by Crippen LogP contribution is 2.48. The maximum Gasteiger partial charge on any atom is 0.287 e. The van der Waals surface area contributed by atoms with Gasteiger partial charge in [-0.25, -0.2) is 4.68 Å². The van der Waals surface area contributed by atoms with Gasteiger partial charge in [-0.15, -0.1) is 0 Å². The van der Waals surface area contributed by atoms with E-state index in [1.807, 2.05) is 12.1 Å². The molecule has 5 atom stereocenters. The van der Waals surface area contributed by atoms with Crippen LogP contribution >= 0.6 is 11.6 Å². The molecule has 32 heavy (non-hydrogen) atoms. The normalized spacial score (nSPS) is 26.0. The average Bonchev–Trinajstić information content (AvgIpc) is 2.76. The first kappa shape index (κ1) is 24.7. The summed E-state index contributed by atoms with van der Waals surface area (Å²) in [4.78, 5) is 16.7. The number of hydrogen-bond acceptors (Lipinski definition) is 6. The molecule has 0 radical (unpaired) electrons. The molecule has 7 nitrogen and oxygen atoms in total. The first-order valence-electron chi connectivity index (χ1n) is 11.4. The van der Waals surface area contributed by atoms with E-state index in [-0.39, 0.29) is 23.0 Å². The first-order valence-corrected chi connectivity index (χ1v) is 11.8. The summed E-state index contributed by atoms with van der Waals surface area (Å²) in [5.41, 5.74) is 1.51. The molecule has 3 N–H and O–H groups in total. The van der Waals surface area contributed by atoms with Gasteiger partial charge in [-0.05, 0) is 47.3 Å². The van der Waals surface area contributed by atoms with Crippen molar-refractivity contribution in [3.8, 4) is 0 Å². The van der Waals surface area contributed by atoms with Gasteiger partial charge in [0.2, 0.25) is 0 Å². The van der Waals surface area contributed by atoms with E-state index >= 15 is 0 Å². The molecule has 2 heterocycles. The Morgan fingerprint density at radius 2 is 1.97 bits per heavy atom. The number of rotatable bonds is 8. The van der Waals surface area contributed by atoms with Gasteiger partial charge in [0.05, 0.1) is 24.5 Å². The molecule has 0 aliphatic heterocycles. The molecule has 8 heteroatoms. The van der Waals surface area contributed by atoms with E-state index in [0.717, 1.165) is 12.0 Å². The molecule has 3 rings (SSSR count). The van der Waals surface area contributed by atoms with Crippen molar-refractivity contribution in [3.63, 3.8) is 0 Å².